The number of anilines is 1. The van der Waals surface area contributed by atoms with Crippen molar-refractivity contribution >= 4 is 28.1 Å². The molecule has 4 rings (SSSR count). The average molecular weight is 404 g/mol. The Kier molecular flexibility index (Phi) is 5.42. The van der Waals surface area contributed by atoms with Crippen LogP contribution in [0.1, 0.15) is 53.3 Å². The lowest BCUT2D eigenvalue weighted by Gasteiger charge is -2.14. The molecule has 0 radical (unpaired) electrons. The smallest absolute Gasteiger partial charge is 0.248 e. The van der Waals surface area contributed by atoms with Crippen molar-refractivity contribution in [2.75, 3.05) is 12.4 Å². The molecule has 0 fully saturated rings. The largest absolute Gasteiger partial charge is 0.496 e. The van der Waals surface area contributed by atoms with Crippen LogP contribution in [0, 0.1) is 20.8 Å². The molecule has 3 aromatic rings. The van der Waals surface area contributed by atoms with E-state index in [1.807, 2.05) is 45.9 Å². The number of benzene rings is 2. The highest BCUT2D eigenvalue weighted by molar-refractivity contribution is 6.05. The lowest BCUT2D eigenvalue weighted by molar-refractivity contribution is -0.111. The summed E-state index contributed by atoms with van der Waals surface area (Å²) in [6, 6.07) is 8.06. The van der Waals surface area contributed by atoms with Gasteiger partial charge in [0.05, 0.1) is 7.11 Å². The molecule has 2 aromatic carbocycles. The van der Waals surface area contributed by atoms with Crippen LogP contribution in [0.15, 0.2) is 34.8 Å². The number of rotatable bonds is 4. The normalized spacial score (nSPS) is 14.0. The molecular formula is C26H29NO3. The van der Waals surface area contributed by atoms with Gasteiger partial charge in [0.25, 0.3) is 0 Å². The molecule has 30 heavy (non-hydrogen) atoms. The fourth-order valence-corrected chi connectivity index (χ4v) is 4.42. The maximum atomic E-state index is 12.7. The van der Waals surface area contributed by atoms with E-state index >= 15 is 0 Å². The summed E-state index contributed by atoms with van der Waals surface area (Å²) in [4.78, 5) is 12.7. The van der Waals surface area contributed by atoms with Crippen molar-refractivity contribution in [3.63, 3.8) is 0 Å². The first-order chi connectivity index (χ1) is 14.4. The van der Waals surface area contributed by atoms with E-state index in [0.29, 0.717) is 0 Å². The SMILES string of the molecule is COc1c(/C(C)=C/C(=O)Nc2cccc(C)c2C)cc2c3c(oc2c1C)CCCC3. The number of amides is 1. The summed E-state index contributed by atoms with van der Waals surface area (Å²) < 4.78 is 11.9. The van der Waals surface area contributed by atoms with Gasteiger partial charge in [0.1, 0.15) is 17.1 Å². The molecule has 0 aliphatic heterocycles. The van der Waals surface area contributed by atoms with Gasteiger partial charge in [0.2, 0.25) is 5.91 Å². The number of carbonyl (C=O) groups excluding carboxylic acids is 1. The van der Waals surface area contributed by atoms with Crippen molar-refractivity contribution in [2.45, 2.75) is 53.4 Å². The Morgan fingerprint density at radius 1 is 1.13 bits per heavy atom. The topological polar surface area (TPSA) is 51.5 Å². The standard InChI is InChI=1S/C26H29NO3/c1-15-9-8-11-22(17(15)3)27-24(28)13-16(2)20-14-21-19-10-6-7-12-23(19)30-26(21)18(4)25(20)29-5/h8-9,11,13-14H,6-7,10,12H2,1-5H3,(H,27,28)/b16-13+. The molecule has 156 valence electrons. The molecule has 0 spiro atoms. The summed E-state index contributed by atoms with van der Waals surface area (Å²) in [7, 11) is 1.67. The maximum absolute atomic E-state index is 12.7. The molecule has 1 aromatic heterocycles. The van der Waals surface area contributed by atoms with Crippen molar-refractivity contribution in [3.05, 3.63) is 63.9 Å². The second-order valence-corrected chi connectivity index (χ2v) is 8.23. The molecule has 1 amide bonds. The number of carbonyl (C=O) groups is 1. The van der Waals surface area contributed by atoms with Gasteiger partial charge in [-0.1, -0.05) is 12.1 Å². The van der Waals surface area contributed by atoms with Crippen molar-refractivity contribution < 1.29 is 13.9 Å². The first kappa shape index (κ1) is 20.3. The lowest BCUT2D eigenvalue weighted by atomic mass is 9.93. The number of aryl methyl sites for hydroxylation is 4. The number of hydrogen-bond acceptors (Lipinski definition) is 3. The molecule has 1 aliphatic carbocycles. The van der Waals surface area contributed by atoms with Crippen LogP contribution in [-0.2, 0) is 17.6 Å². The van der Waals surface area contributed by atoms with Gasteiger partial charge in [-0.25, -0.2) is 0 Å². The summed E-state index contributed by atoms with van der Waals surface area (Å²) in [6.45, 7) is 8.05. The minimum absolute atomic E-state index is 0.143. The van der Waals surface area contributed by atoms with Crippen molar-refractivity contribution in [1.29, 1.82) is 0 Å². The van der Waals surface area contributed by atoms with Crippen molar-refractivity contribution in [1.82, 2.24) is 0 Å². The first-order valence-electron chi connectivity index (χ1n) is 10.6. The van der Waals surface area contributed by atoms with Gasteiger partial charge >= 0.3 is 0 Å². The van der Waals surface area contributed by atoms with E-state index in [2.05, 4.69) is 11.4 Å². The van der Waals surface area contributed by atoms with Crippen LogP contribution >= 0.6 is 0 Å². The summed E-state index contributed by atoms with van der Waals surface area (Å²) in [6.07, 6.45) is 6.05. The first-order valence-corrected chi connectivity index (χ1v) is 10.6. The highest BCUT2D eigenvalue weighted by Gasteiger charge is 2.23. The minimum Gasteiger partial charge on any atom is -0.496 e. The Hall–Kier alpha value is -3.01. The quantitative estimate of drug-likeness (QED) is 0.521. The third-order valence-corrected chi connectivity index (χ3v) is 6.27. The molecule has 4 nitrogen and oxygen atoms in total. The van der Waals surface area contributed by atoms with Gasteiger partial charge in [0.15, 0.2) is 0 Å². The number of allylic oxidation sites excluding steroid dienone is 1. The number of ether oxygens (including phenoxy) is 1. The van der Waals surface area contributed by atoms with Gasteiger partial charge in [-0.2, -0.15) is 0 Å². The van der Waals surface area contributed by atoms with Crippen LogP contribution < -0.4 is 10.1 Å². The average Bonchev–Trinajstić information content (AvgIpc) is 3.10. The van der Waals surface area contributed by atoms with Crippen LogP contribution in [0.25, 0.3) is 16.5 Å². The predicted molar refractivity (Wildman–Crippen MR) is 122 cm³/mol. The van der Waals surface area contributed by atoms with E-state index in [9.17, 15) is 4.79 Å². The number of hydrogen-bond donors (Lipinski definition) is 1. The Bertz CT molecular complexity index is 1170. The number of nitrogens with one attached hydrogen (secondary N) is 1. The second kappa shape index (κ2) is 8.02. The van der Waals surface area contributed by atoms with Crippen LogP contribution in [0.4, 0.5) is 5.69 Å². The summed E-state index contributed by atoms with van der Waals surface area (Å²) >= 11 is 0. The Morgan fingerprint density at radius 2 is 1.90 bits per heavy atom. The van der Waals surface area contributed by atoms with Crippen molar-refractivity contribution in [3.8, 4) is 5.75 Å². The zero-order valence-corrected chi connectivity index (χ0v) is 18.4. The predicted octanol–water partition coefficient (Wildman–Crippen LogP) is 6.29. The third-order valence-electron chi connectivity index (χ3n) is 6.27. The minimum atomic E-state index is -0.143. The van der Waals surface area contributed by atoms with Gasteiger partial charge in [-0.05, 0) is 75.8 Å². The van der Waals surface area contributed by atoms with E-state index in [4.69, 9.17) is 9.15 Å². The Morgan fingerprint density at radius 3 is 2.67 bits per heavy atom. The molecule has 1 N–H and O–H groups in total. The molecule has 4 heteroatoms. The summed E-state index contributed by atoms with van der Waals surface area (Å²) in [5, 5.41) is 4.16. The third kappa shape index (κ3) is 3.51. The van der Waals surface area contributed by atoms with Crippen LogP contribution in [0.2, 0.25) is 0 Å². The fourth-order valence-electron chi connectivity index (χ4n) is 4.42. The highest BCUT2D eigenvalue weighted by atomic mass is 16.5. The molecule has 1 aliphatic rings. The van der Waals surface area contributed by atoms with E-state index in [-0.39, 0.29) is 5.91 Å². The lowest BCUT2D eigenvalue weighted by Crippen LogP contribution is -2.10. The van der Waals surface area contributed by atoms with E-state index in [0.717, 1.165) is 68.8 Å². The van der Waals surface area contributed by atoms with Gasteiger partial charge < -0.3 is 14.5 Å². The van der Waals surface area contributed by atoms with Gasteiger partial charge in [0, 0.05) is 40.3 Å². The van der Waals surface area contributed by atoms with Crippen LogP contribution in [-0.4, -0.2) is 13.0 Å². The zero-order valence-electron chi connectivity index (χ0n) is 18.4. The van der Waals surface area contributed by atoms with E-state index in [1.54, 1.807) is 13.2 Å². The molecule has 1 heterocycles. The summed E-state index contributed by atoms with van der Waals surface area (Å²) in [5.41, 5.74) is 8.09. The Labute approximate surface area is 177 Å². The monoisotopic (exact) mass is 403 g/mol. The van der Waals surface area contributed by atoms with Crippen LogP contribution in [0.5, 0.6) is 5.75 Å². The number of methoxy groups -OCH3 is 1. The van der Waals surface area contributed by atoms with Crippen LogP contribution in [0.3, 0.4) is 0 Å². The van der Waals surface area contributed by atoms with E-state index < -0.39 is 0 Å². The molecule has 0 saturated carbocycles. The zero-order chi connectivity index (χ0) is 21.4. The summed E-state index contributed by atoms with van der Waals surface area (Å²) in [5.74, 6) is 1.73. The maximum Gasteiger partial charge on any atom is 0.248 e. The number of fused-ring (bicyclic) bond motifs is 3. The second-order valence-electron chi connectivity index (χ2n) is 8.23. The molecule has 0 bridgehead atoms. The van der Waals surface area contributed by atoms with Gasteiger partial charge in [-0.15, -0.1) is 0 Å². The highest BCUT2D eigenvalue weighted by Crippen LogP contribution is 2.41. The van der Waals surface area contributed by atoms with E-state index in [1.165, 1.54) is 18.4 Å². The molecular weight excluding hydrogens is 374 g/mol. The Balaban J connectivity index is 1.73. The number of furan rings is 1. The fraction of sp³-hybridized carbons (Fsp3) is 0.346. The molecule has 0 atom stereocenters. The molecule has 0 saturated heterocycles. The molecule has 0 unspecified atom stereocenters. The van der Waals surface area contributed by atoms with Gasteiger partial charge in [-0.3, -0.25) is 4.79 Å². The van der Waals surface area contributed by atoms with Crippen molar-refractivity contribution in [2.24, 2.45) is 0 Å².